The second kappa shape index (κ2) is 9.75. The molecule has 1 fully saturated rings. The molecule has 0 bridgehead atoms. The topological polar surface area (TPSA) is 83.6 Å². The number of nitrogens with one attached hydrogen (secondary N) is 1. The molecule has 0 unspecified atom stereocenters. The van der Waals surface area contributed by atoms with Crippen LogP contribution in [0.2, 0.25) is 0 Å². The second-order valence-electron chi connectivity index (χ2n) is 8.29. The highest BCUT2D eigenvalue weighted by Crippen LogP contribution is 2.43. The largest absolute Gasteiger partial charge is 0.355 e. The molecule has 0 radical (unpaired) electrons. The van der Waals surface area contributed by atoms with E-state index in [1.54, 1.807) is 0 Å². The number of carbonyl (C=O) groups is 2. The van der Waals surface area contributed by atoms with Crippen LogP contribution in [0.1, 0.15) is 54.9 Å². The van der Waals surface area contributed by atoms with Crippen LogP contribution in [0.4, 0.5) is 0 Å². The van der Waals surface area contributed by atoms with Crippen molar-refractivity contribution >= 4 is 21.7 Å². The fourth-order valence-electron chi connectivity index (χ4n) is 3.94. The van der Waals surface area contributed by atoms with E-state index >= 15 is 0 Å². The number of carbonyl (C=O) groups excluding carboxylic acids is 2. The zero-order valence-electron chi connectivity index (χ0n) is 18.1. The van der Waals surface area contributed by atoms with E-state index in [9.17, 15) is 18.0 Å². The number of Topliss-reactive ketones (excluding diaryl/α,β-unsaturated/α-hetero) is 1. The molecule has 7 heteroatoms. The van der Waals surface area contributed by atoms with Crippen LogP contribution in [0.3, 0.4) is 0 Å². The van der Waals surface area contributed by atoms with Crippen LogP contribution >= 0.6 is 0 Å². The summed E-state index contributed by atoms with van der Waals surface area (Å²) in [5.74, 6) is -0.168. The van der Waals surface area contributed by atoms with Gasteiger partial charge in [0.2, 0.25) is 15.9 Å². The van der Waals surface area contributed by atoms with Gasteiger partial charge in [-0.25, -0.2) is 12.7 Å². The third kappa shape index (κ3) is 5.40. The number of benzene rings is 2. The molecule has 1 N–H and O–H groups in total. The molecule has 0 saturated heterocycles. The summed E-state index contributed by atoms with van der Waals surface area (Å²) in [5.41, 5.74) is 1.77. The quantitative estimate of drug-likeness (QED) is 0.571. The molecule has 2 aromatic rings. The van der Waals surface area contributed by atoms with E-state index in [2.05, 4.69) is 17.4 Å². The van der Waals surface area contributed by atoms with Crippen LogP contribution in [0.15, 0.2) is 59.5 Å². The Bertz CT molecular complexity index is 1010. The molecule has 0 atom stereocenters. The molecule has 1 saturated carbocycles. The first kappa shape index (κ1) is 23.2. The Balaban J connectivity index is 1.48. The Labute approximate surface area is 184 Å². The summed E-state index contributed by atoms with van der Waals surface area (Å²) in [7, 11) is -2.15. The first-order valence-corrected chi connectivity index (χ1v) is 12.1. The standard InChI is InChI=1S/C24H30N2O4S/c1-19(27)20-11-13-22(14-12-20)31(29,30)26(2)17-6-10-23(28)25-18-24(15-7-16-24)21-8-4-3-5-9-21/h3-5,8-9,11-14H,6-7,10,15-18H2,1-2H3,(H,25,28). The highest BCUT2D eigenvalue weighted by atomic mass is 32.2. The number of rotatable bonds is 10. The third-order valence-corrected chi connectivity index (χ3v) is 8.04. The summed E-state index contributed by atoms with van der Waals surface area (Å²) < 4.78 is 26.6. The summed E-state index contributed by atoms with van der Waals surface area (Å²) in [6.45, 7) is 2.30. The number of sulfonamides is 1. The third-order valence-electron chi connectivity index (χ3n) is 6.17. The maximum absolute atomic E-state index is 12.7. The Hall–Kier alpha value is -2.51. The molecule has 0 aromatic heterocycles. The first-order valence-electron chi connectivity index (χ1n) is 10.6. The lowest BCUT2D eigenvalue weighted by Gasteiger charge is -2.42. The van der Waals surface area contributed by atoms with Gasteiger partial charge >= 0.3 is 0 Å². The van der Waals surface area contributed by atoms with Gasteiger partial charge < -0.3 is 5.32 Å². The lowest BCUT2D eigenvalue weighted by molar-refractivity contribution is -0.121. The van der Waals surface area contributed by atoms with Crippen molar-refractivity contribution in [2.75, 3.05) is 20.1 Å². The van der Waals surface area contributed by atoms with Gasteiger partial charge in [0.15, 0.2) is 5.78 Å². The van der Waals surface area contributed by atoms with Crippen molar-refractivity contribution in [2.45, 2.75) is 49.3 Å². The number of nitrogens with zero attached hydrogens (tertiary/aromatic N) is 1. The smallest absolute Gasteiger partial charge is 0.242 e. The Morgan fingerprint density at radius 3 is 2.23 bits per heavy atom. The predicted molar refractivity (Wildman–Crippen MR) is 120 cm³/mol. The van der Waals surface area contributed by atoms with Gasteiger partial charge in [0.1, 0.15) is 0 Å². The van der Waals surface area contributed by atoms with Crippen molar-refractivity contribution in [3.8, 4) is 0 Å². The molecule has 166 valence electrons. The Morgan fingerprint density at radius 1 is 1.03 bits per heavy atom. The average Bonchev–Trinajstić information content (AvgIpc) is 2.73. The van der Waals surface area contributed by atoms with Crippen molar-refractivity contribution in [1.29, 1.82) is 0 Å². The van der Waals surface area contributed by atoms with Crippen LogP contribution in [-0.2, 0) is 20.2 Å². The van der Waals surface area contributed by atoms with E-state index in [-0.39, 0.29) is 35.0 Å². The van der Waals surface area contributed by atoms with Gasteiger partial charge in [0.25, 0.3) is 0 Å². The van der Waals surface area contributed by atoms with Crippen molar-refractivity contribution < 1.29 is 18.0 Å². The molecular formula is C24H30N2O4S. The Kier molecular flexibility index (Phi) is 7.28. The summed E-state index contributed by atoms with van der Waals surface area (Å²) in [6, 6.07) is 16.2. The van der Waals surface area contributed by atoms with E-state index in [0.29, 0.717) is 18.5 Å². The predicted octanol–water partition coefficient (Wildman–Crippen LogP) is 3.53. The molecule has 2 aromatic carbocycles. The van der Waals surface area contributed by atoms with Gasteiger partial charge in [-0.15, -0.1) is 0 Å². The van der Waals surface area contributed by atoms with E-state index in [4.69, 9.17) is 0 Å². The van der Waals surface area contributed by atoms with Gasteiger partial charge in [-0.05, 0) is 43.9 Å². The zero-order valence-corrected chi connectivity index (χ0v) is 19.0. The summed E-state index contributed by atoms with van der Waals surface area (Å²) in [4.78, 5) is 23.9. The summed E-state index contributed by atoms with van der Waals surface area (Å²) in [5, 5.41) is 3.05. The number of hydrogen-bond donors (Lipinski definition) is 1. The molecule has 1 aliphatic rings. The van der Waals surface area contributed by atoms with Crippen molar-refractivity contribution in [3.05, 3.63) is 65.7 Å². The highest BCUT2D eigenvalue weighted by Gasteiger charge is 2.38. The molecule has 0 spiro atoms. The maximum atomic E-state index is 12.7. The minimum atomic E-state index is -3.66. The SMILES string of the molecule is CC(=O)c1ccc(S(=O)(=O)N(C)CCCC(=O)NCC2(c3ccccc3)CCC2)cc1. The van der Waals surface area contributed by atoms with E-state index in [1.807, 2.05) is 18.2 Å². The van der Waals surface area contributed by atoms with Gasteiger partial charge in [0, 0.05) is 37.5 Å². The van der Waals surface area contributed by atoms with Crippen molar-refractivity contribution in [3.63, 3.8) is 0 Å². The molecule has 6 nitrogen and oxygen atoms in total. The summed E-state index contributed by atoms with van der Waals surface area (Å²) in [6.07, 6.45) is 4.02. The Morgan fingerprint density at radius 2 is 1.68 bits per heavy atom. The molecular weight excluding hydrogens is 412 g/mol. The van der Waals surface area contributed by atoms with Crippen molar-refractivity contribution in [1.82, 2.24) is 9.62 Å². The minimum Gasteiger partial charge on any atom is -0.355 e. The lowest BCUT2D eigenvalue weighted by Crippen LogP contribution is -2.45. The van der Waals surface area contributed by atoms with E-state index in [0.717, 1.165) is 12.8 Å². The average molecular weight is 443 g/mol. The monoisotopic (exact) mass is 442 g/mol. The lowest BCUT2D eigenvalue weighted by atomic mass is 9.64. The zero-order chi connectivity index (χ0) is 22.5. The van der Waals surface area contributed by atoms with Crippen LogP contribution in [0.25, 0.3) is 0 Å². The number of ketones is 1. The second-order valence-corrected chi connectivity index (χ2v) is 10.3. The van der Waals surface area contributed by atoms with E-state index < -0.39 is 10.0 Å². The maximum Gasteiger partial charge on any atom is 0.242 e. The van der Waals surface area contributed by atoms with Crippen molar-refractivity contribution in [2.24, 2.45) is 0 Å². The molecule has 3 rings (SSSR count). The number of hydrogen-bond acceptors (Lipinski definition) is 4. The van der Waals surface area contributed by atoms with Gasteiger partial charge in [-0.3, -0.25) is 9.59 Å². The highest BCUT2D eigenvalue weighted by molar-refractivity contribution is 7.89. The van der Waals surface area contributed by atoms with E-state index in [1.165, 1.54) is 54.5 Å². The minimum absolute atomic E-state index is 0.0308. The first-order chi connectivity index (χ1) is 14.7. The normalized spacial score (nSPS) is 15.3. The summed E-state index contributed by atoms with van der Waals surface area (Å²) >= 11 is 0. The molecule has 1 amide bonds. The van der Waals surface area contributed by atoms with Crippen LogP contribution in [0.5, 0.6) is 0 Å². The van der Waals surface area contributed by atoms with Crippen LogP contribution in [-0.4, -0.2) is 44.6 Å². The molecule has 1 aliphatic carbocycles. The molecule has 0 heterocycles. The molecule has 31 heavy (non-hydrogen) atoms. The van der Waals surface area contributed by atoms with Gasteiger partial charge in [-0.2, -0.15) is 0 Å². The van der Waals surface area contributed by atoms with Gasteiger partial charge in [0.05, 0.1) is 4.90 Å². The molecule has 0 aliphatic heterocycles. The van der Waals surface area contributed by atoms with Crippen LogP contribution in [0, 0.1) is 0 Å². The fourth-order valence-corrected chi connectivity index (χ4v) is 5.15. The number of amides is 1. The van der Waals surface area contributed by atoms with Crippen LogP contribution < -0.4 is 5.32 Å². The van der Waals surface area contributed by atoms with Gasteiger partial charge in [-0.1, -0.05) is 48.9 Å². The fraction of sp³-hybridized carbons (Fsp3) is 0.417.